The number of aromatic amines is 1. The molecule has 1 aromatic heterocycles. The Balaban J connectivity index is 2.94. The first-order valence-electron chi connectivity index (χ1n) is 3.66. The Kier molecular flexibility index (Phi) is 1.65. The second-order valence-corrected chi connectivity index (χ2v) is 3.63. The number of halogens is 1. The molecule has 62 valence electrons. The predicted molar refractivity (Wildman–Crippen MR) is 51.1 cm³/mol. The van der Waals surface area contributed by atoms with E-state index in [-0.39, 0.29) is 0 Å². The van der Waals surface area contributed by atoms with Gasteiger partial charge in [0.05, 0.1) is 9.99 Å². The second kappa shape index (κ2) is 2.55. The quantitative estimate of drug-likeness (QED) is 0.748. The number of aromatic nitrogens is 3. The van der Waals surface area contributed by atoms with Crippen LogP contribution in [0.3, 0.4) is 0 Å². The van der Waals surface area contributed by atoms with Crippen LogP contribution in [0.2, 0.25) is 0 Å². The lowest BCUT2D eigenvalue weighted by Crippen LogP contribution is -1.84. The smallest absolute Gasteiger partial charge is 0.127 e. The Labute approximate surface area is 78.3 Å². The molecule has 4 heteroatoms. The van der Waals surface area contributed by atoms with Gasteiger partial charge >= 0.3 is 0 Å². The van der Waals surface area contributed by atoms with Gasteiger partial charge in [-0.25, -0.2) is 0 Å². The first-order valence-corrected chi connectivity index (χ1v) is 4.46. The monoisotopic (exact) mass is 225 g/mol. The van der Waals surface area contributed by atoms with Crippen LogP contribution in [0.15, 0.2) is 10.5 Å². The van der Waals surface area contributed by atoms with E-state index in [2.05, 4.69) is 51.3 Å². The molecule has 0 aliphatic carbocycles. The zero-order valence-electron chi connectivity index (χ0n) is 6.85. The van der Waals surface area contributed by atoms with Crippen LogP contribution < -0.4 is 0 Å². The van der Waals surface area contributed by atoms with Gasteiger partial charge in [-0.1, -0.05) is 5.21 Å². The molecule has 0 saturated heterocycles. The van der Waals surface area contributed by atoms with Gasteiger partial charge in [0.1, 0.15) is 5.52 Å². The van der Waals surface area contributed by atoms with Gasteiger partial charge in [-0.05, 0) is 47.0 Å². The van der Waals surface area contributed by atoms with Crippen LogP contribution in [-0.4, -0.2) is 15.4 Å². The minimum atomic E-state index is 0.901. The summed E-state index contributed by atoms with van der Waals surface area (Å²) in [5.41, 5.74) is 4.33. The molecule has 0 saturated carbocycles. The topological polar surface area (TPSA) is 41.6 Å². The number of hydrogen-bond acceptors (Lipinski definition) is 2. The van der Waals surface area contributed by atoms with Gasteiger partial charge in [0.25, 0.3) is 0 Å². The van der Waals surface area contributed by atoms with Gasteiger partial charge in [0.15, 0.2) is 0 Å². The average molecular weight is 226 g/mol. The number of benzene rings is 1. The summed E-state index contributed by atoms with van der Waals surface area (Å²) >= 11 is 3.49. The number of nitrogens with one attached hydrogen (secondary N) is 1. The van der Waals surface area contributed by atoms with Crippen molar-refractivity contribution in [3.63, 3.8) is 0 Å². The van der Waals surface area contributed by atoms with E-state index in [9.17, 15) is 0 Å². The number of aryl methyl sites for hydroxylation is 1. The van der Waals surface area contributed by atoms with Gasteiger partial charge in [0.2, 0.25) is 0 Å². The van der Waals surface area contributed by atoms with Crippen molar-refractivity contribution in [3.8, 4) is 0 Å². The third-order valence-corrected chi connectivity index (χ3v) is 3.04. The Morgan fingerprint density at radius 1 is 1.42 bits per heavy atom. The molecule has 1 heterocycles. The predicted octanol–water partition coefficient (Wildman–Crippen LogP) is 2.34. The summed E-state index contributed by atoms with van der Waals surface area (Å²) in [7, 11) is 0. The van der Waals surface area contributed by atoms with Gasteiger partial charge < -0.3 is 0 Å². The van der Waals surface area contributed by atoms with Gasteiger partial charge in [-0.3, -0.25) is 5.10 Å². The van der Waals surface area contributed by atoms with Gasteiger partial charge in [-0.15, -0.1) is 5.10 Å². The number of rotatable bonds is 0. The first-order chi connectivity index (χ1) is 5.70. The maximum Gasteiger partial charge on any atom is 0.127 e. The SMILES string of the molecule is Cc1cc2[nH]nnc2c(Br)c1C. The van der Waals surface area contributed by atoms with Crippen LogP contribution >= 0.6 is 15.9 Å². The lowest BCUT2D eigenvalue weighted by molar-refractivity contribution is 0.959. The van der Waals surface area contributed by atoms with Crippen molar-refractivity contribution in [2.75, 3.05) is 0 Å². The number of hydrogen-bond donors (Lipinski definition) is 1. The third kappa shape index (κ3) is 0.948. The molecule has 0 spiro atoms. The second-order valence-electron chi connectivity index (χ2n) is 2.84. The molecule has 1 N–H and O–H groups in total. The maximum atomic E-state index is 3.97. The van der Waals surface area contributed by atoms with Gasteiger partial charge in [0, 0.05) is 0 Å². The fourth-order valence-electron chi connectivity index (χ4n) is 1.17. The van der Waals surface area contributed by atoms with E-state index >= 15 is 0 Å². The van der Waals surface area contributed by atoms with Crippen molar-refractivity contribution in [1.82, 2.24) is 15.4 Å². The highest BCUT2D eigenvalue weighted by atomic mass is 79.9. The highest BCUT2D eigenvalue weighted by Crippen LogP contribution is 2.26. The van der Waals surface area contributed by atoms with Crippen LogP contribution in [0, 0.1) is 13.8 Å². The van der Waals surface area contributed by atoms with Crippen molar-refractivity contribution in [1.29, 1.82) is 0 Å². The molecule has 1 aromatic carbocycles. The third-order valence-electron chi connectivity index (χ3n) is 2.07. The summed E-state index contributed by atoms with van der Waals surface area (Å²) in [6, 6.07) is 2.05. The summed E-state index contributed by atoms with van der Waals surface area (Å²) in [6.07, 6.45) is 0. The van der Waals surface area contributed by atoms with E-state index in [0.717, 1.165) is 15.5 Å². The number of nitrogens with zero attached hydrogens (tertiary/aromatic N) is 2. The molecule has 0 aliphatic heterocycles. The largest absolute Gasteiger partial charge is 0.257 e. The van der Waals surface area contributed by atoms with Crippen molar-refractivity contribution in [3.05, 3.63) is 21.7 Å². The average Bonchev–Trinajstić information content (AvgIpc) is 2.48. The molecule has 0 unspecified atom stereocenters. The molecule has 2 aromatic rings. The van der Waals surface area contributed by atoms with E-state index in [1.807, 2.05) is 0 Å². The minimum absolute atomic E-state index is 0.901. The molecular weight excluding hydrogens is 218 g/mol. The first kappa shape index (κ1) is 7.73. The summed E-state index contributed by atoms with van der Waals surface area (Å²) in [6.45, 7) is 4.13. The van der Waals surface area contributed by atoms with Crippen molar-refractivity contribution in [2.45, 2.75) is 13.8 Å². The summed E-state index contributed by atoms with van der Waals surface area (Å²) in [4.78, 5) is 0. The van der Waals surface area contributed by atoms with Crippen molar-refractivity contribution in [2.24, 2.45) is 0 Å². The normalized spacial score (nSPS) is 10.9. The molecular formula is C8H8BrN3. The fourth-order valence-corrected chi connectivity index (χ4v) is 1.78. The zero-order valence-corrected chi connectivity index (χ0v) is 8.44. The molecule has 0 radical (unpaired) electrons. The van der Waals surface area contributed by atoms with Crippen molar-refractivity contribution >= 4 is 27.0 Å². The lowest BCUT2D eigenvalue weighted by Gasteiger charge is -2.01. The Morgan fingerprint density at radius 3 is 2.92 bits per heavy atom. The molecule has 12 heavy (non-hydrogen) atoms. The highest BCUT2D eigenvalue weighted by Gasteiger charge is 2.07. The lowest BCUT2D eigenvalue weighted by atomic mass is 10.1. The number of fused-ring (bicyclic) bond motifs is 1. The van der Waals surface area contributed by atoms with E-state index in [0.29, 0.717) is 0 Å². The molecule has 2 rings (SSSR count). The van der Waals surface area contributed by atoms with E-state index in [1.54, 1.807) is 0 Å². The van der Waals surface area contributed by atoms with Crippen LogP contribution in [-0.2, 0) is 0 Å². The van der Waals surface area contributed by atoms with E-state index < -0.39 is 0 Å². The summed E-state index contributed by atoms with van der Waals surface area (Å²) < 4.78 is 1.03. The molecule has 0 atom stereocenters. The van der Waals surface area contributed by atoms with Crippen LogP contribution in [0.4, 0.5) is 0 Å². The fraction of sp³-hybridized carbons (Fsp3) is 0.250. The minimum Gasteiger partial charge on any atom is -0.257 e. The van der Waals surface area contributed by atoms with Crippen LogP contribution in [0.1, 0.15) is 11.1 Å². The van der Waals surface area contributed by atoms with Crippen LogP contribution in [0.5, 0.6) is 0 Å². The zero-order chi connectivity index (χ0) is 8.72. The summed E-state index contributed by atoms with van der Waals surface area (Å²) in [5.74, 6) is 0. The van der Waals surface area contributed by atoms with E-state index in [4.69, 9.17) is 0 Å². The Hall–Kier alpha value is -0.900. The molecule has 0 amide bonds. The Morgan fingerprint density at radius 2 is 2.17 bits per heavy atom. The molecule has 0 aliphatic rings. The van der Waals surface area contributed by atoms with Crippen LogP contribution in [0.25, 0.3) is 11.0 Å². The molecule has 0 fully saturated rings. The van der Waals surface area contributed by atoms with Gasteiger partial charge in [-0.2, -0.15) is 0 Å². The standard InChI is InChI=1S/C8H8BrN3/c1-4-3-6-8(11-12-10-6)7(9)5(4)2/h3H,1-2H3,(H,10,11,12). The summed E-state index contributed by atoms with van der Waals surface area (Å²) in [5, 5.41) is 10.5. The molecule has 3 nitrogen and oxygen atoms in total. The Bertz CT molecular complexity index is 433. The number of H-pyrrole nitrogens is 1. The van der Waals surface area contributed by atoms with Crippen molar-refractivity contribution < 1.29 is 0 Å². The maximum absolute atomic E-state index is 3.97. The molecule has 0 bridgehead atoms. The highest BCUT2D eigenvalue weighted by molar-refractivity contribution is 9.10. The van der Waals surface area contributed by atoms with E-state index in [1.165, 1.54) is 11.1 Å².